The molecule has 1 saturated carbocycles. The summed E-state index contributed by atoms with van der Waals surface area (Å²) in [5, 5.41) is 10.2. The minimum absolute atomic E-state index is 0.391. The first-order valence-corrected chi connectivity index (χ1v) is 8.00. The molecule has 0 radical (unpaired) electrons. The Labute approximate surface area is 126 Å². The second kappa shape index (κ2) is 6.24. The van der Waals surface area contributed by atoms with Gasteiger partial charge in [0, 0.05) is 19.6 Å². The number of likely N-dealkylation sites (tertiary alicyclic amines) is 1. The van der Waals surface area contributed by atoms with E-state index in [1.807, 2.05) is 24.3 Å². The van der Waals surface area contributed by atoms with Crippen LogP contribution in [0.2, 0.25) is 0 Å². The van der Waals surface area contributed by atoms with E-state index >= 15 is 0 Å². The van der Waals surface area contributed by atoms with E-state index in [1.165, 1.54) is 12.8 Å². The molecule has 1 aromatic carbocycles. The van der Waals surface area contributed by atoms with Crippen molar-refractivity contribution in [1.29, 1.82) is 0 Å². The van der Waals surface area contributed by atoms with Crippen LogP contribution in [0.15, 0.2) is 24.3 Å². The molecule has 1 N–H and O–H groups in total. The Bertz CT molecular complexity index is 450. The van der Waals surface area contributed by atoms with Gasteiger partial charge < -0.3 is 14.6 Å². The summed E-state index contributed by atoms with van der Waals surface area (Å²) in [4.78, 5) is 2.26. The molecule has 2 fully saturated rings. The number of ether oxygens (including phenoxy) is 2. The molecule has 0 atom stereocenters. The number of hydrogen-bond acceptors (Lipinski definition) is 4. The maximum absolute atomic E-state index is 10.2. The lowest BCUT2D eigenvalue weighted by Gasteiger charge is -2.47. The number of nitrogens with zero attached hydrogens (tertiary/aromatic N) is 1. The molecule has 0 unspecified atom stereocenters. The van der Waals surface area contributed by atoms with Gasteiger partial charge in [-0.05, 0) is 49.4 Å². The van der Waals surface area contributed by atoms with Crippen molar-refractivity contribution in [3.05, 3.63) is 24.3 Å². The highest BCUT2D eigenvalue weighted by molar-refractivity contribution is 5.31. The molecule has 0 amide bonds. The predicted octanol–water partition coefficient (Wildman–Crippen LogP) is 2.31. The average molecular weight is 291 g/mol. The van der Waals surface area contributed by atoms with E-state index in [0.29, 0.717) is 12.5 Å². The summed E-state index contributed by atoms with van der Waals surface area (Å²) in [7, 11) is 0. The van der Waals surface area contributed by atoms with Crippen LogP contribution in [0.1, 0.15) is 26.2 Å². The van der Waals surface area contributed by atoms with Gasteiger partial charge >= 0.3 is 0 Å². The van der Waals surface area contributed by atoms with E-state index < -0.39 is 5.60 Å². The topological polar surface area (TPSA) is 41.9 Å². The van der Waals surface area contributed by atoms with Crippen LogP contribution in [-0.4, -0.2) is 48.5 Å². The standard InChI is InChI=1S/C17H25NO3/c1-2-10-20-15-5-7-16(8-6-15)21-11-9-18-12-17(19,13-18)14-3-4-14/h5-8,14,19H,2-4,9-13H2,1H3. The molecule has 1 aliphatic carbocycles. The zero-order chi connectivity index (χ0) is 14.7. The lowest BCUT2D eigenvalue weighted by atomic mass is 9.89. The van der Waals surface area contributed by atoms with Crippen molar-refractivity contribution in [2.24, 2.45) is 5.92 Å². The first-order chi connectivity index (χ1) is 10.2. The lowest BCUT2D eigenvalue weighted by molar-refractivity contribution is -0.115. The Balaban J connectivity index is 1.34. The lowest BCUT2D eigenvalue weighted by Crippen LogP contribution is -2.63. The van der Waals surface area contributed by atoms with E-state index in [-0.39, 0.29) is 0 Å². The van der Waals surface area contributed by atoms with E-state index in [9.17, 15) is 5.11 Å². The number of benzene rings is 1. The van der Waals surface area contributed by atoms with Gasteiger partial charge in [0.1, 0.15) is 18.1 Å². The van der Waals surface area contributed by atoms with Crippen molar-refractivity contribution in [3.63, 3.8) is 0 Å². The van der Waals surface area contributed by atoms with Gasteiger partial charge in [-0.2, -0.15) is 0 Å². The van der Waals surface area contributed by atoms with Crippen LogP contribution in [0.3, 0.4) is 0 Å². The molecule has 1 aliphatic heterocycles. The van der Waals surface area contributed by atoms with E-state index in [2.05, 4.69) is 11.8 Å². The normalized spacial score (nSPS) is 20.9. The Kier molecular flexibility index (Phi) is 4.36. The van der Waals surface area contributed by atoms with Crippen LogP contribution in [0.5, 0.6) is 11.5 Å². The highest BCUT2D eigenvalue weighted by atomic mass is 16.5. The van der Waals surface area contributed by atoms with E-state index in [0.717, 1.165) is 44.2 Å². The van der Waals surface area contributed by atoms with Crippen LogP contribution in [-0.2, 0) is 0 Å². The maximum atomic E-state index is 10.2. The van der Waals surface area contributed by atoms with Crippen molar-refractivity contribution >= 4 is 0 Å². The molecule has 4 heteroatoms. The number of hydrogen-bond donors (Lipinski definition) is 1. The van der Waals surface area contributed by atoms with Gasteiger partial charge in [0.15, 0.2) is 0 Å². The summed E-state index contributed by atoms with van der Waals surface area (Å²) < 4.78 is 11.3. The highest BCUT2D eigenvalue weighted by Gasteiger charge is 2.51. The zero-order valence-corrected chi connectivity index (χ0v) is 12.8. The van der Waals surface area contributed by atoms with Crippen LogP contribution in [0.4, 0.5) is 0 Å². The molecule has 3 rings (SSSR count). The van der Waals surface area contributed by atoms with Gasteiger partial charge in [-0.1, -0.05) is 6.92 Å². The summed E-state index contributed by atoms with van der Waals surface area (Å²) in [5.74, 6) is 2.32. The third kappa shape index (κ3) is 3.69. The molecular formula is C17H25NO3. The molecule has 2 aliphatic rings. The van der Waals surface area contributed by atoms with E-state index in [1.54, 1.807) is 0 Å². The molecule has 0 aromatic heterocycles. The Morgan fingerprint density at radius 1 is 1.10 bits per heavy atom. The summed E-state index contributed by atoms with van der Waals surface area (Å²) in [6, 6.07) is 7.78. The summed E-state index contributed by atoms with van der Waals surface area (Å²) >= 11 is 0. The monoisotopic (exact) mass is 291 g/mol. The first kappa shape index (κ1) is 14.7. The van der Waals surface area contributed by atoms with Gasteiger partial charge in [-0.15, -0.1) is 0 Å². The fraction of sp³-hybridized carbons (Fsp3) is 0.647. The minimum Gasteiger partial charge on any atom is -0.494 e. The second-order valence-electron chi connectivity index (χ2n) is 6.26. The molecule has 116 valence electrons. The summed E-state index contributed by atoms with van der Waals surface area (Å²) in [6.45, 7) is 6.01. The minimum atomic E-state index is -0.391. The average Bonchev–Trinajstić information content (AvgIpc) is 3.29. The smallest absolute Gasteiger partial charge is 0.119 e. The van der Waals surface area contributed by atoms with E-state index in [4.69, 9.17) is 9.47 Å². The summed E-state index contributed by atoms with van der Waals surface area (Å²) in [5.41, 5.74) is -0.391. The maximum Gasteiger partial charge on any atom is 0.119 e. The fourth-order valence-electron chi connectivity index (χ4n) is 2.91. The Hall–Kier alpha value is -1.26. The molecule has 0 bridgehead atoms. The number of rotatable bonds is 8. The molecule has 1 heterocycles. The van der Waals surface area contributed by atoms with Gasteiger partial charge in [0.25, 0.3) is 0 Å². The largest absolute Gasteiger partial charge is 0.494 e. The third-order valence-electron chi connectivity index (χ3n) is 4.30. The summed E-state index contributed by atoms with van der Waals surface area (Å²) in [6.07, 6.45) is 3.42. The molecule has 4 nitrogen and oxygen atoms in total. The second-order valence-corrected chi connectivity index (χ2v) is 6.26. The van der Waals surface area contributed by atoms with Crippen LogP contribution < -0.4 is 9.47 Å². The van der Waals surface area contributed by atoms with Crippen LogP contribution in [0, 0.1) is 5.92 Å². The van der Waals surface area contributed by atoms with Crippen molar-refractivity contribution in [3.8, 4) is 11.5 Å². The fourth-order valence-corrected chi connectivity index (χ4v) is 2.91. The Morgan fingerprint density at radius 2 is 1.67 bits per heavy atom. The number of β-amino-alcohol motifs (C(OH)–C–C–N with tert-alkyl or cyclic N) is 1. The molecule has 0 spiro atoms. The van der Waals surface area contributed by atoms with Crippen molar-refractivity contribution in [2.45, 2.75) is 31.8 Å². The number of aliphatic hydroxyl groups is 1. The van der Waals surface area contributed by atoms with Crippen molar-refractivity contribution in [2.75, 3.05) is 32.8 Å². The molecule has 1 saturated heterocycles. The first-order valence-electron chi connectivity index (χ1n) is 8.00. The Morgan fingerprint density at radius 3 is 2.19 bits per heavy atom. The zero-order valence-electron chi connectivity index (χ0n) is 12.8. The van der Waals surface area contributed by atoms with Crippen molar-refractivity contribution in [1.82, 2.24) is 4.90 Å². The third-order valence-corrected chi connectivity index (χ3v) is 4.30. The van der Waals surface area contributed by atoms with Gasteiger partial charge in [0.05, 0.1) is 12.2 Å². The molecule has 21 heavy (non-hydrogen) atoms. The van der Waals surface area contributed by atoms with Gasteiger partial charge in [-0.25, -0.2) is 0 Å². The highest BCUT2D eigenvalue weighted by Crippen LogP contribution is 2.44. The van der Waals surface area contributed by atoms with Crippen LogP contribution in [0.25, 0.3) is 0 Å². The molecule has 1 aromatic rings. The van der Waals surface area contributed by atoms with Crippen LogP contribution >= 0.6 is 0 Å². The predicted molar refractivity (Wildman–Crippen MR) is 81.8 cm³/mol. The quantitative estimate of drug-likeness (QED) is 0.798. The van der Waals surface area contributed by atoms with Gasteiger partial charge in [-0.3, -0.25) is 4.90 Å². The SMILES string of the molecule is CCCOc1ccc(OCCN2CC(O)(C3CC3)C2)cc1. The van der Waals surface area contributed by atoms with Gasteiger partial charge in [0.2, 0.25) is 0 Å². The molecular weight excluding hydrogens is 266 g/mol. The van der Waals surface area contributed by atoms with Crippen molar-refractivity contribution < 1.29 is 14.6 Å².